The molecule has 4 heteroatoms. The van der Waals surface area contributed by atoms with Gasteiger partial charge in [0.25, 0.3) is 5.91 Å². The Labute approximate surface area is 108 Å². The average Bonchev–Trinajstić information content (AvgIpc) is 2.38. The third-order valence-corrected chi connectivity index (χ3v) is 3.48. The van der Waals surface area contributed by atoms with Gasteiger partial charge in [-0.2, -0.15) is 0 Å². The highest BCUT2D eigenvalue weighted by atomic mass is 16.5. The minimum atomic E-state index is 0.0780. The van der Waals surface area contributed by atoms with Gasteiger partial charge in [0.15, 0.2) is 0 Å². The van der Waals surface area contributed by atoms with Crippen molar-refractivity contribution in [2.45, 2.75) is 25.9 Å². The van der Waals surface area contributed by atoms with Crippen LogP contribution in [0.4, 0.5) is 5.69 Å². The molecule has 1 heterocycles. The monoisotopic (exact) mass is 248 g/mol. The number of rotatable bonds is 2. The molecule has 1 aliphatic rings. The van der Waals surface area contributed by atoms with E-state index in [0.29, 0.717) is 12.2 Å². The van der Waals surface area contributed by atoms with Crippen LogP contribution in [-0.2, 0) is 4.74 Å². The van der Waals surface area contributed by atoms with Gasteiger partial charge in [0.2, 0.25) is 0 Å². The van der Waals surface area contributed by atoms with Crippen LogP contribution in [0.25, 0.3) is 0 Å². The second-order valence-corrected chi connectivity index (χ2v) is 4.83. The smallest absolute Gasteiger partial charge is 0.254 e. The van der Waals surface area contributed by atoms with Gasteiger partial charge in [-0.3, -0.25) is 4.79 Å². The van der Waals surface area contributed by atoms with Gasteiger partial charge in [-0.05, 0) is 43.5 Å². The lowest BCUT2D eigenvalue weighted by Gasteiger charge is -2.32. The van der Waals surface area contributed by atoms with Crippen molar-refractivity contribution >= 4 is 11.6 Å². The number of amides is 1. The SMILES string of the molecule is COC1CCCN(C(=O)c2ccc(N)cc2C)C1. The molecule has 98 valence electrons. The maximum atomic E-state index is 12.4. The number of carbonyl (C=O) groups is 1. The molecule has 18 heavy (non-hydrogen) atoms. The molecule has 0 spiro atoms. The lowest BCUT2D eigenvalue weighted by Crippen LogP contribution is -2.43. The Kier molecular flexibility index (Phi) is 3.87. The predicted molar refractivity (Wildman–Crippen MR) is 71.5 cm³/mol. The van der Waals surface area contributed by atoms with Gasteiger partial charge in [0.1, 0.15) is 0 Å². The third-order valence-electron chi connectivity index (χ3n) is 3.48. The van der Waals surface area contributed by atoms with E-state index in [1.54, 1.807) is 13.2 Å². The summed E-state index contributed by atoms with van der Waals surface area (Å²) in [7, 11) is 1.70. The van der Waals surface area contributed by atoms with Crippen LogP contribution in [-0.4, -0.2) is 37.1 Å². The van der Waals surface area contributed by atoms with Crippen molar-refractivity contribution in [3.63, 3.8) is 0 Å². The van der Waals surface area contributed by atoms with Gasteiger partial charge in [-0.15, -0.1) is 0 Å². The number of nitrogens with two attached hydrogens (primary N) is 1. The first-order valence-electron chi connectivity index (χ1n) is 6.30. The number of nitrogen functional groups attached to an aromatic ring is 1. The number of hydrogen-bond acceptors (Lipinski definition) is 3. The molecule has 2 rings (SSSR count). The molecule has 0 bridgehead atoms. The molecular formula is C14H20N2O2. The number of benzene rings is 1. The number of ether oxygens (including phenoxy) is 1. The second kappa shape index (κ2) is 5.40. The normalized spacial score (nSPS) is 19.9. The predicted octanol–water partition coefficient (Wildman–Crippen LogP) is 1.83. The minimum absolute atomic E-state index is 0.0780. The Morgan fingerprint density at radius 3 is 2.94 bits per heavy atom. The van der Waals surface area contributed by atoms with E-state index in [1.807, 2.05) is 24.0 Å². The highest BCUT2D eigenvalue weighted by Crippen LogP contribution is 2.19. The van der Waals surface area contributed by atoms with Crippen molar-refractivity contribution in [3.8, 4) is 0 Å². The van der Waals surface area contributed by atoms with Gasteiger partial charge in [-0.25, -0.2) is 0 Å². The molecule has 4 nitrogen and oxygen atoms in total. The molecule has 1 saturated heterocycles. The molecule has 0 saturated carbocycles. The van der Waals surface area contributed by atoms with Gasteiger partial charge in [0, 0.05) is 31.5 Å². The Hall–Kier alpha value is -1.55. The zero-order valence-corrected chi connectivity index (χ0v) is 11.0. The number of likely N-dealkylation sites (tertiary alicyclic amines) is 1. The summed E-state index contributed by atoms with van der Waals surface area (Å²) in [6.07, 6.45) is 2.19. The first-order valence-corrected chi connectivity index (χ1v) is 6.30. The van der Waals surface area contributed by atoms with E-state index in [1.165, 1.54) is 0 Å². The van der Waals surface area contributed by atoms with Crippen molar-refractivity contribution < 1.29 is 9.53 Å². The van der Waals surface area contributed by atoms with Crippen molar-refractivity contribution in [1.82, 2.24) is 4.90 Å². The van der Waals surface area contributed by atoms with Crippen LogP contribution in [0.3, 0.4) is 0 Å². The summed E-state index contributed by atoms with van der Waals surface area (Å²) in [4.78, 5) is 14.3. The lowest BCUT2D eigenvalue weighted by atomic mass is 10.0. The molecule has 1 aromatic rings. The standard InChI is InChI=1S/C14H20N2O2/c1-10-8-11(15)5-6-13(10)14(17)16-7-3-4-12(9-16)18-2/h5-6,8,12H,3-4,7,9,15H2,1-2H3. The zero-order valence-electron chi connectivity index (χ0n) is 11.0. The van der Waals surface area contributed by atoms with Crippen molar-refractivity contribution in [1.29, 1.82) is 0 Å². The molecule has 1 aromatic carbocycles. The summed E-state index contributed by atoms with van der Waals surface area (Å²) in [5.41, 5.74) is 8.06. The fourth-order valence-electron chi connectivity index (χ4n) is 2.41. The van der Waals surface area contributed by atoms with Crippen molar-refractivity contribution in [2.24, 2.45) is 0 Å². The molecule has 2 N–H and O–H groups in total. The van der Waals surface area contributed by atoms with Crippen LogP contribution in [0.2, 0.25) is 0 Å². The summed E-state index contributed by atoms with van der Waals surface area (Å²) in [5, 5.41) is 0. The van der Waals surface area contributed by atoms with E-state index in [9.17, 15) is 4.79 Å². The number of piperidine rings is 1. The maximum absolute atomic E-state index is 12.4. The van der Waals surface area contributed by atoms with Crippen LogP contribution < -0.4 is 5.73 Å². The van der Waals surface area contributed by atoms with E-state index in [0.717, 1.165) is 30.5 Å². The molecule has 1 atom stereocenters. The molecule has 1 amide bonds. The number of carbonyl (C=O) groups excluding carboxylic acids is 1. The molecule has 1 aliphatic heterocycles. The van der Waals surface area contributed by atoms with Crippen LogP contribution >= 0.6 is 0 Å². The fourth-order valence-corrected chi connectivity index (χ4v) is 2.41. The molecule has 0 aromatic heterocycles. The topological polar surface area (TPSA) is 55.6 Å². The van der Waals surface area contributed by atoms with E-state index in [2.05, 4.69) is 0 Å². The van der Waals surface area contributed by atoms with E-state index in [4.69, 9.17) is 10.5 Å². The zero-order chi connectivity index (χ0) is 13.1. The second-order valence-electron chi connectivity index (χ2n) is 4.83. The van der Waals surface area contributed by atoms with E-state index < -0.39 is 0 Å². The van der Waals surface area contributed by atoms with Crippen LogP contribution in [0.1, 0.15) is 28.8 Å². The first kappa shape index (κ1) is 12.9. The first-order chi connectivity index (χ1) is 8.61. The van der Waals surface area contributed by atoms with Crippen molar-refractivity contribution in [2.75, 3.05) is 25.9 Å². The number of methoxy groups -OCH3 is 1. The minimum Gasteiger partial charge on any atom is -0.399 e. The molecule has 1 fully saturated rings. The summed E-state index contributed by atoms with van der Waals surface area (Å²) < 4.78 is 5.34. The highest BCUT2D eigenvalue weighted by molar-refractivity contribution is 5.96. The Morgan fingerprint density at radius 1 is 1.50 bits per heavy atom. The number of aryl methyl sites for hydroxylation is 1. The van der Waals surface area contributed by atoms with Crippen LogP contribution in [0.5, 0.6) is 0 Å². The summed E-state index contributed by atoms with van der Waals surface area (Å²) in [6, 6.07) is 5.42. The number of anilines is 1. The van der Waals surface area contributed by atoms with E-state index >= 15 is 0 Å². The number of nitrogens with zero attached hydrogens (tertiary/aromatic N) is 1. The lowest BCUT2D eigenvalue weighted by molar-refractivity contribution is 0.0268. The summed E-state index contributed by atoms with van der Waals surface area (Å²) >= 11 is 0. The Morgan fingerprint density at radius 2 is 2.28 bits per heavy atom. The molecular weight excluding hydrogens is 228 g/mol. The van der Waals surface area contributed by atoms with Gasteiger partial charge < -0.3 is 15.4 Å². The Bertz CT molecular complexity index is 445. The largest absolute Gasteiger partial charge is 0.399 e. The maximum Gasteiger partial charge on any atom is 0.254 e. The molecule has 0 aliphatic carbocycles. The van der Waals surface area contributed by atoms with Gasteiger partial charge >= 0.3 is 0 Å². The third kappa shape index (κ3) is 2.64. The summed E-state index contributed by atoms with van der Waals surface area (Å²) in [5.74, 6) is 0.0780. The Balaban J connectivity index is 2.15. The van der Waals surface area contributed by atoms with Gasteiger partial charge in [-0.1, -0.05) is 0 Å². The van der Waals surface area contributed by atoms with Crippen molar-refractivity contribution in [3.05, 3.63) is 29.3 Å². The highest BCUT2D eigenvalue weighted by Gasteiger charge is 2.24. The van der Waals surface area contributed by atoms with E-state index in [-0.39, 0.29) is 12.0 Å². The molecule has 0 radical (unpaired) electrons. The average molecular weight is 248 g/mol. The van der Waals surface area contributed by atoms with Gasteiger partial charge in [0.05, 0.1) is 6.10 Å². The van der Waals surface area contributed by atoms with Crippen LogP contribution in [0, 0.1) is 6.92 Å². The molecule has 1 unspecified atom stereocenters. The summed E-state index contributed by atoms with van der Waals surface area (Å²) in [6.45, 7) is 3.41. The fraction of sp³-hybridized carbons (Fsp3) is 0.500. The number of hydrogen-bond donors (Lipinski definition) is 1. The quantitative estimate of drug-likeness (QED) is 0.812. The van der Waals surface area contributed by atoms with Crippen LogP contribution in [0.15, 0.2) is 18.2 Å².